The topological polar surface area (TPSA) is 54.0 Å². The van der Waals surface area contributed by atoms with E-state index >= 15 is 0 Å². The van der Waals surface area contributed by atoms with E-state index < -0.39 is 0 Å². The number of aromatic nitrogens is 1. The molecule has 1 heterocycles. The van der Waals surface area contributed by atoms with Crippen molar-refractivity contribution in [3.63, 3.8) is 0 Å². The van der Waals surface area contributed by atoms with Crippen LogP contribution in [0.3, 0.4) is 0 Å². The molecule has 0 aliphatic carbocycles. The highest BCUT2D eigenvalue weighted by molar-refractivity contribution is 5.94. The number of nitrogens with one attached hydrogen (secondary N) is 2. The van der Waals surface area contributed by atoms with Gasteiger partial charge in [-0.1, -0.05) is 12.1 Å². The summed E-state index contributed by atoms with van der Waals surface area (Å²) < 4.78 is 13.6. The van der Waals surface area contributed by atoms with Crippen LogP contribution in [0.4, 0.5) is 10.1 Å². The Morgan fingerprint density at radius 3 is 2.80 bits per heavy atom. The third kappa shape index (κ3) is 3.94. The molecular formula is C20H20FN3O. The van der Waals surface area contributed by atoms with Gasteiger partial charge >= 0.3 is 0 Å². The van der Waals surface area contributed by atoms with Gasteiger partial charge in [0.1, 0.15) is 5.82 Å². The number of anilines is 1. The number of halogens is 1. The summed E-state index contributed by atoms with van der Waals surface area (Å²) in [7, 11) is 1.62. The number of hydrogen-bond acceptors (Lipinski definition) is 3. The number of carbonyl (C=O) groups is 1. The van der Waals surface area contributed by atoms with E-state index in [9.17, 15) is 9.18 Å². The second-order valence-electron chi connectivity index (χ2n) is 5.93. The van der Waals surface area contributed by atoms with Crippen LogP contribution in [0.15, 0.2) is 48.5 Å². The van der Waals surface area contributed by atoms with Gasteiger partial charge in [-0.05, 0) is 55.3 Å². The average Bonchev–Trinajstić information content (AvgIpc) is 2.61. The number of rotatable bonds is 5. The first-order valence-electron chi connectivity index (χ1n) is 8.18. The molecule has 2 aromatic carbocycles. The maximum Gasteiger partial charge on any atom is 0.251 e. The smallest absolute Gasteiger partial charge is 0.251 e. The number of hydrogen-bond donors (Lipinski definition) is 2. The zero-order valence-electron chi connectivity index (χ0n) is 14.3. The Labute approximate surface area is 146 Å². The summed E-state index contributed by atoms with van der Waals surface area (Å²) in [6.07, 6.45) is 0.753. The molecule has 2 N–H and O–H groups in total. The molecule has 3 aromatic rings. The van der Waals surface area contributed by atoms with Crippen LogP contribution in [0, 0.1) is 12.7 Å². The fourth-order valence-electron chi connectivity index (χ4n) is 2.83. The number of nitrogens with zero attached hydrogens (tertiary/aromatic N) is 1. The van der Waals surface area contributed by atoms with E-state index in [1.54, 1.807) is 19.2 Å². The second kappa shape index (κ2) is 7.30. The lowest BCUT2D eigenvalue weighted by Crippen LogP contribution is -2.18. The number of carbonyl (C=O) groups excluding carboxylic acids is 1. The molecule has 0 radical (unpaired) electrons. The molecule has 0 saturated carbocycles. The monoisotopic (exact) mass is 337 g/mol. The Morgan fingerprint density at radius 1 is 1.16 bits per heavy atom. The quantitative estimate of drug-likeness (QED) is 0.746. The molecule has 5 heteroatoms. The molecule has 0 aliphatic heterocycles. The van der Waals surface area contributed by atoms with Crippen molar-refractivity contribution in [3.8, 4) is 0 Å². The van der Waals surface area contributed by atoms with Gasteiger partial charge in [-0.15, -0.1) is 0 Å². The van der Waals surface area contributed by atoms with Crippen LogP contribution in [0.1, 0.15) is 21.6 Å². The van der Waals surface area contributed by atoms with Gasteiger partial charge in [0, 0.05) is 35.9 Å². The first kappa shape index (κ1) is 16.9. The van der Waals surface area contributed by atoms with Crippen LogP contribution in [0.2, 0.25) is 0 Å². The highest BCUT2D eigenvalue weighted by atomic mass is 19.1. The van der Waals surface area contributed by atoms with Gasteiger partial charge in [0.25, 0.3) is 5.91 Å². The van der Waals surface area contributed by atoms with Gasteiger partial charge in [-0.3, -0.25) is 9.78 Å². The van der Waals surface area contributed by atoms with Crippen molar-refractivity contribution in [1.29, 1.82) is 0 Å². The second-order valence-corrected chi connectivity index (χ2v) is 5.93. The SMILES string of the molecule is CNC(=O)c1cccc(CCNc2cc(C)nc3ccc(F)cc23)c1. The molecule has 0 atom stereocenters. The molecule has 0 unspecified atom stereocenters. The predicted octanol–water partition coefficient (Wildman–Crippen LogP) is 3.70. The fraction of sp³-hybridized carbons (Fsp3) is 0.200. The Kier molecular flexibility index (Phi) is 4.93. The standard InChI is InChI=1S/C20H20FN3O/c1-13-10-19(17-12-16(21)6-7-18(17)24-13)23-9-8-14-4-3-5-15(11-14)20(25)22-2/h3-7,10-12H,8-9H2,1-2H3,(H,22,25)(H,23,24). The summed E-state index contributed by atoms with van der Waals surface area (Å²) in [4.78, 5) is 16.1. The Morgan fingerprint density at radius 2 is 2.00 bits per heavy atom. The minimum absolute atomic E-state index is 0.0963. The summed E-state index contributed by atoms with van der Waals surface area (Å²) in [6, 6.07) is 14.1. The lowest BCUT2D eigenvalue weighted by Gasteiger charge is -2.11. The number of benzene rings is 2. The molecule has 0 saturated heterocycles. The van der Waals surface area contributed by atoms with Crippen molar-refractivity contribution >= 4 is 22.5 Å². The van der Waals surface area contributed by atoms with Crippen molar-refractivity contribution in [2.75, 3.05) is 18.9 Å². The predicted molar refractivity (Wildman–Crippen MR) is 98.5 cm³/mol. The largest absolute Gasteiger partial charge is 0.384 e. The maximum atomic E-state index is 13.6. The van der Waals surface area contributed by atoms with Crippen LogP contribution in [-0.4, -0.2) is 24.5 Å². The molecule has 1 aromatic heterocycles. The minimum Gasteiger partial charge on any atom is -0.384 e. The van der Waals surface area contributed by atoms with Gasteiger partial charge in [0.15, 0.2) is 0 Å². The molecule has 1 amide bonds. The van der Waals surface area contributed by atoms with Gasteiger partial charge < -0.3 is 10.6 Å². The highest BCUT2D eigenvalue weighted by Gasteiger charge is 2.06. The third-order valence-electron chi connectivity index (χ3n) is 4.04. The number of amides is 1. The van der Waals surface area contributed by atoms with E-state index in [1.807, 2.05) is 31.2 Å². The fourth-order valence-corrected chi connectivity index (χ4v) is 2.83. The third-order valence-corrected chi connectivity index (χ3v) is 4.04. The lowest BCUT2D eigenvalue weighted by molar-refractivity contribution is 0.0963. The summed E-state index contributed by atoms with van der Waals surface area (Å²) in [5.41, 5.74) is 4.22. The molecule has 0 bridgehead atoms. The Bertz CT molecular complexity index is 924. The molecule has 3 rings (SSSR count). The number of aryl methyl sites for hydroxylation is 1. The average molecular weight is 337 g/mol. The van der Waals surface area contributed by atoms with Gasteiger partial charge in [-0.2, -0.15) is 0 Å². The summed E-state index contributed by atoms with van der Waals surface area (Å²) in [5, 5.41) is 6.75. The normalized spacial score (nSPS) is 10.7. The minimum atomic E-state index is -0.278. The molecule has 0 fully saturated rings. The van der Waals surface area contributed by atoms with Gasteiger partial charge in [-0.25, -0.2) is 4.39 Å². The molecule has 0 aliphatic rings. The molecular weight excluding hydrogens is 317 g/mol. The van der Waals surface area contributed by atoms with E-state index in [2.05, 4.69) is 15.6 Å². The van der Waals surface area contributed by atoms with Crippen LogP contribution in [0.25, 0.3) is 10.9 Å². The van der Waals surface area contributed by atoms with Crippen molar-refractivity contribution < 1.29 is 9.18 Å². The van der Waals surface area contributed by atoms with Crippen molar-refractivity contribution in [1.82, 2.24) is 10.3 Å². The van der Waals surface area contributed by atoms with Crippen molar-refractivity contribution in [3.05, 3.63) is 71.2 Å². The first-order chi connectivity index (χ1) is 12.1. The zero-order chi connectivity index (χ0) is 17.8. The molecule has 128 valence electrons. The molecule has 0 spiro atoms. The first-order valence-corrected chi connectivity index (χ1v) is 8.18. The molecule has 4 nitrogen and oxygen atoms in total. The van der Waals surface area contributed by atoms with E-state index in [0.717, 1.165) is 34.3 Å². The lowest BCUT2D eigenvalue weighted by atomic mass is 10.1. The number of fused-ring (bicyclic) bond motifs is 1. The van der Waals surface area contributed by atoms with Crippen LogP contribution < -0.4 is 10.6 Å². The van der Waals surface area contributed by atoms with Crippen LogP contribution in [0.5, 0.6) is 0 Å². The highest BCUT2D eigenvalue weighted by Crippen LogP contribution is 2.24. The van der Waals surface area contributed by atoms with E-state index in [0.29, 0.717) is 12.1 Å². The van der Waals surface area contributed by atoms with Crippen molar-refractivity contribution in [2.45, 2.75) is 13.3 Å². The van der Waals surface area contributed by atoms with Crippen LogP contribution >= 0.6 is 0 Å². The van der Waals surface area contributed by atoms with E-state index in [1.165, 1.54) is 12.1 Å². The summed E-state index contributed by atoms with van der Waals surface area (Å²) in [6.45, 7) is 2.59. The van der Waals surface area contributed by atoms with Gasteiger partial charge in [0.2, 0.25) is 0 Å². The Balaban J connectivity index is 1.75. The maximum absolute atomic E-state index is 13.6. The van der Waals surface area contributed by atoms with Gasteiger partial charge in [0.05, 0.1) is 5.52 Å². The van der Waals surface area contributed by atoms with E-state index in [4.69, 9.17) is 0 Å². The zero-order valence-corrected chi connectivity index (χ0v) is 14.3. The number of pyridine rings is 1. The summed E-state index contributed by atoms with van der Waals surface area (Å²) >= 11 is 0. The van der Waals surface area contributed by atoms with Crippen LogP contribution in [-0.2, 0) is 6.42 Å². The Hall–Kier alpha value is -2.95. The van der Waals surface area contributed by atoms with Crippen molar-refractivity contribution in [2.24, 2.45) is 0 Å². The van der Waals surface area contributed by atoms with E-state index in [-0.39, 0.29) is 11.7 Å². The molecule has 25 heavy (non-hydrogen) atoms. The summed E-state index contributed by atoms with van der Waals surface area (Å²) in [5.74, 6) is -0.375.